The Morgan fingerprint density at radius 3 is 2.29 bits per heavy atom. The summed E-state index contributed by atoms with van der Waals surface area (Å²) in [7, 11) is 0. The van der Waals surface area contributed by atoms with E-state index in [1.165, 1.54) is 32.1 Å². The lowest BCUT2D eigenvalue weighted by Gasteiger charge is -2.08. The highest BCUT2D eigenvalue weighted by atomic mass is 16.3. The zero-order valence-electron chi connectivity index (χ0n) is 11.0. The van der Waals surface area contributed by atoms with Gasteiger partial charge in [0.15, 0.2) is 11.5 Å². The van der Waals surface area contributed by atoms with Crippen molar-refractivity contribution in [2.75, 3.05) is 0 Å². The minimum atomic E-state index is -0.0193. The van der Waals surface area contributed by atoms with Gasteiger partial charge in [0.1, 0.15) is 0 Å². The topological polar surface area (TPSA) is 40.5 Å². The number of aromatic hydroxyl groups is 2. The molecule has 0 unspecified atom stereocenters. The van der Waals surface area contributed by atoms with Crippen LogP contribution in [0.4, 0.5) is 0 Å². The minimum Gasteiger partial charge on any atom is -0.504 e. The first kappa shape index (κ1) is 13.9. The molecule has 0 spiro atoms. The molecule has 1 aromatic carbocycles. The number of benzene rings is 1. The number of hydrogen-bond donors (Lipinski definition) is 2. The van der Waals surface area contributed by atoms with Crippen LogP contribution in [0.5, 0.6) is 11.5 Å². The molecule has 17 heavy (non-hydrogen) atoms. The molecule has 0 radical (unpaired) electrons. The Hall–Kier alpha value is -1.18. The zero-order valence-corrected chi connectivity index (χ0v) is 11.0. The van der Waals surface area contributed by atoms with Crippen LogP contribution >= 0.6 is 0 Å². The van der Waals surface area contributed by atoms with Gasteiger partial charge in [-0.05, 0) is 37.0 Å². The maximum absolute atomic E-state index is 9.61. The third-order valence-electron chi connectivity index (χ3n) is 3.32. The monoisotopic (exact) mass is 236 g/mol. The molecule has 0 heterocycles. The summed E-state index contributed by atoms with van der Waals surface area (Å²) in [6.45, 7) is 4.09. The maximum Gasteiger partial charge on any atom is 0.160 e. The maximum atomic E-state index is 9.61. The van der Waals surface area contributed by atoms with Crippen molar-refractivity contribution < 1.29 is 10.2 Å². The molecule has 0 bridgehead atoms. The Balaban J connectivity index is 2.35. The van der Waals surface area contributed by atoms with Crippen LogP contribution in [0.25, 0.3) is 0 Å². The Morgan fingerprint density at radius 1 is 0.941 bits per heavy atom. The van der Waals surface area contributed by atoms with Gasteiger partial charge in [0.2, 0.25) is 0 Å². The first-order valence-corrected chi connectivity index (χ1v) is 6.67. The van der Waals surface area contributed by atoms with Gasteiger partial charge in [-0.25, -0.2) is 0 Å². The van der Waals surface area contributed by atoms with Gasteiger partial charge in [-0.2, -0.15) is 0 Å². The average molecular weight is 236 g/mol. The summed E-state index contributed by atoms with van der Waals surface area (Å²) in [6, 6.07) is 3.49. The Labute approximate surface area is 104 Å². The molecule has 1 rings (SSSR count). The van der Waals surface area contributed by atoms with Crippen LogP contribution in [0.1, 0.15) is 56.6 Å². The van der Waals surface area contributed by atoms with Crippen LogP contribution in [0.3, 0.4) is 0 Å². The number of hydrogen-bond acceptors (Lipinski definition) is 2. The largest absolute Gasteiger partial charge is 0.504 e. The van der Waals surface area contributed by atoms with Gasteiger partial charge in [0.25, 0.3) is 0 Å². The van der Waals surface area contributed by atoms with E-state index in [1.54, 1.807) is 6.07 Å². The van der Waals surface area contributed by atoms with E-state index in [4.69, 9.17) is 0 Å². The molecule has 0 fully saturated rings. The van der Waals surface area contributed by atoms with Crippen molar-refractivity contribution in [2.24, 2.45) is 0 Å². The van der Waals surface area contributed by atoms with Crippen LogP contribution in [-0.4, -0.2) is 10.2 Å². The number of aryl methyl sites for hydroxylation is 1. The fourth-order valence-electron chi connectivity index (χ4n) is 2.09. The predicted octanol–water partition coefficient (Wildman–Crippen LogP) is 4.31. The van der Waals surface area contributed by atoms with Crippen molar-refractivity contribution in [2.45, 2.75) is 58.8 Å². The molecule has 96 valence electrons. The zero-order chi connectivity index (χ0) is 12.7. The van der Waals surface area contributed by atoms with Crippen molar-refractivity contribution >= 4 is 0 Å². The molecular weight excluding hydrogens is 212 g/mol. The molecule has 0 saturated heterocycles. The lowest BCUT2D eigenvalue weighted by Crippen LogP contribution is -1.91. The summed E-state index contributed by atoms with van der Waals surface area (Å²) in [6.07, 6.45) is 8.65. The third-order valence-corrected chi connectivity index (χ3v) is 3.32. The summed E-state index contributed by atoms with van der Waals surface area (Å²) >= 11 is 0. The quantitative estimate of drug-likeness (QED) is 0.547. The van der Waals surface area contributed by atoms with E-state index in [0.29, 0.717) is 0 Å². The lowest BCUT2D eigenvalue weighted by molar-refractivity contribution is 0.400. The van der Waals surface area contributed by atoms with Gasteiger partial charge in [0.05, 0.1) is 0 Å². The first-order chi connectivity index (χ1) is 8.16. The molecule has 0 amide bonds. The number of phenolic OH excluding ortho intramolecular Hbond substituents is 2. The van der Waals surface area contributed by atoms with E-state index >= 15 is 0 Å². The van der Waals surface area contributed by atoms with Crippen molar-refractivity contribution in [3.8, 4) is 11.5 Å². The van der Waals surface area contributed by atoms with Gasteiger partial charge >= 0.3 is 0 Å². The normalized spacial score (nSPS) is 10.7. The predicted molar refractivity (Wildman–Crippen MR) is 71.6 cm³/mol. The summed E-state index contributed by atoms with van der Waals surface area (Å²) in [5.41, 5.74) is 1.97. The van der Waals surface area contributed by atoms with E-state index in [1.807, 2.05) is 13.0 Å². The minimum absolute atomic E-state index is 0.0193. The summed E-state index contributed by atoms with van der Waals surface area (Å²) < 4.78 is 0. The highest BCUT2D eigenvalue weighted by molar-refractivity contribution is 5.48. The summed E-state index contributed by atoms with van der Waals surface area (Å²) in [4.78, 5) is 0. The van der Waals surface area contributed by atoms with Crippen molar-refractivity contribution in [1.29, 1.82) is 0 Å². The second-order valence-electron chi connectivity index (χ2n) is 4.74. The fraction of sp³-hybridized carbons (Fsp3) is 0.600. The van der Waals surface area contributed by atoms with Crippen LogP contribution in [-0.2, 0) is 6.42 Å². The third kappa shape index (κ3) is 4.29. The molecule has 0 aromatic heterocycles. The van der Waals surface area contributed by atoms with E-state index < -0.39 is 0 Å². The molecule has 2 N–H and O–H groups in total. The Bertz CT molecular complexity index is 345. The molecule has 0 aliphatic carbocycles. The molecule has 1 aromatic rings. The Morgan fingerprint density at radius 2 is 1.59 bits per heavy atom. The molecule has 0 aliphatic rings. The fourth-order valence-corrected chi connectivity index (χ4v) is 2.09. The van der Waals surface area contributed by atoms with Crippen molar-refractivity contribution in [3.63, 3.8) is 0 Å². The number of phenols is 2. The van der Waals surface area contributed by atoms with E-state index in [0.717, 1.165) is 24.0 Å². The van der Waals surface area contributed by atoms with Crippen LogP contribution in [0, 0.1) is 6.92 Å². The highest BCUT2D eigenvalue weighted by Crippen LogP contribution is 2.31. The summed E-state index contributed by atoms with van der Waals surface area (Å²) in [5.74, 6) is 0.0164. The van der Waals surface area contributed by atoms with E-state index in [2.05, 4.69) is 6.92 Å². The number of rotatable bonds is 7. The molecule has 0 saturated carbocycles. The first-order valence-electron chi connectivity index (χ1n) is 6.67. The Kier molecular flexibility index (Phi) is 5.88. The molecule has 2 heteroatoms. The van der Waals surface area contributed by atoms with Crippen molar-refractivity contribution in [3.05, 3.63) is 23.3 Å². The lowest BCUT2D eigenvalue weighted by atomic mass is 10.00. The average Bonchev–Trinajstić information content (AvgIpc) is 2.33. The van der Waals surface area contributed by atoms with Gasteiger partial charge < -0.3 is 10.2 Å². The number of unbranched alkanes of at least 4 members (excludes halogenated alkanes) is 5. The van der Waals surface area contributed by atoms with Crippen molar-refractivity contribution in [1.82, 2.24) is 0 Å². The second-order valence-corrected chi connectivity index (χ2v) is 4.74. The van der Waals surface area contributed by atoms with Crippen LogP contribution in [0.2, 0.25) is 0 Å². The van der Waals surface area contributed by atoms with Gasteiger partial charge in [0, 0.05) is 0 Å². The molecular formula is C15H24O2. The SMILES string of the molecule is CCCCCCCCc1ccc(O)c(O)c1C. The van der Waals surface area contributed by atoms with Gasteiger partial charge in [-0.3, -0.25) is 0 Å². The highest BCUT2D eigenvalue weighted by Gasteiger charge is 2.07. The molecule has 0 atom stereocenters. The standard InChI is InChI=1S/C15H24O2/c1-3-4-5-6-7-8-9-13-10-11-14(16)15(17)12(13)2/h10-11,16-17H,3-9H2,1-2H3. The second kappa shape index (κ2) is 7.21. The van der Waals surface area contributed by atoms with Crippen LogP contribution < -0.4 is 0 Å². The van der Waals surface area contributed by atoms with Gasteiger partial charge in [-0.15, -0.1) is 0 Å². The van der Waals surface area contributed by atoms with Gasteiger partial charge in [-0.1, -0.05) is 45.1 Å². The summed E-state index contributed by atoms with van der Waals surface area (Å²) in [5, 5.41) is 19.0. The molecule has 2 nitrogen and oxygen atoms in total. The van der Waals surface area contributed by atoms with E-state index in [9.17, 15) is 10.2 Å². The van der Waals surface area contributed by atoms with Crippen LogP contribution in [0.15, 0.2) is 12.1 Å². The molecule has 0 aliphatic heterocycles. The van der Waals surface area contributed by atoms with E-state index in [-0.39, 0.29) is 11.5 Å². The smallest absolute Gasteiger partial charge is 0.160 e.